The van der Waals surface area contributed by atoms with Crippen LogP contribution >= 0.6 is 0 Å². The number of imide groups is 1. The smallest absolute Gasteiger partial charge is 0.325 e. The first-order chi connectivity index (χ1) is 11.0. The van der Waals surface area contributed by atoms with E-state index in [1.807, 2.05) is 6.92 Å². The summed E-state index contributed by atoms with van der Waals surface area (Å²) < 4.78 is 18.7. The molecule has 2 fully saturated rings. The highest BCUT2D eigenvalue weighted by atomic mass is 19.1. The van der Waals surface area contributed by atoms with Crippen LogP contribution in [-0.4, -0.2) is 29.5 Å². The minimum absolute atomic E-state index is 0.0695. The molecule has 1 aromatic carbocycles. The Bertz CT molecular complexity index is 649. The van der Waals surface area contributed by atoms with Gasteiger partial charge in [-0.05, 0) is 36.5 Å². The molecule has 1 saturated heterocycles. The van der Waals surface area contributed by atoms with E-state index in [-0.39, 0.29) is 30.2 Å². The monoisotopic (exact) mass is 320 g/mol. The number of ether oxygens (including phenoxy) is 1. The summed E-state index contributed by atoms with van der Waals surface area (Å²) in [5.41, 5.74) is -0.215. The predicted molar refractivity (Wildman–Crippen MR) is 82.4 cm³/mol. The van der Waals surface area contributed by atoms with Gasteiger partial charge in [-0.15, -0.1) is 0 Å². The molecule has 1 heterocycles. The number of urea groups is 1. The van der Waals surface area contributed by atoms with E-state index in [0.29, 0.717) is 12.0 Å². The molecule has 0 radical (unpaired) electrons. The minimum atomic E-state index is -0.777. The Morgan fingerprint density at radius 3 is 2.83 bits per heavy atom. The molecule has 2 atom stereocenters. The van der Waals surface area contributed by atoms with E-state index in [2.05, 4.69) is 5.32 Å². The average molecular weight is 320 g/mol. The van der Waals surface area contributed by atoms with Crippen molar-refractivity contribution in [3.8, 4) is 5.75 Å². The summed E-state index contributed by atoms with van der Waals surface area (Å²) in [6, 6.07) is 4.08. The molecule has 6 heteroatoms. The van der Waals surface area contributed by atoms with Crippen LogP contribution in [0.2, 0.25) is 0 Å². The van der Waals surface area contributed by atoms with Gasteiger partial charge in [-0.2, -0.15) is 0 Å². The standard InChI is InChI=1S/C17H21FN2O3/c1-11-5-3-4-8-17(11)15(21)20(16(22)19-17)10-12-6-7-14(23-2)13(18)9-12/h6-7,9,11H,3-5,8,10H2,1-2H3,(H,19,22)/t11-,17-/m0/s1. The van der Waals surface area contributed by atoms with Gasteiger partial charge in [0.2, 0.25) is 0 Å². The minimum Gasteiger partial charge on any atom is -0.494 e. The number of benzene rings is 1. The first-order valence-electron chi connectivity index (χ1n) is 7.94. The number of carbonyl (C=O) groups is 2. The van der Waals surface area contributed by atoms with Gasteiger partial charge in [0.05, 0.1) is 13.7 Å². The normalized spacial score (nSPS) is 27.4. The number of nitrogens with one attached hydrogen (secondary N) is 1. The van der Waals surface area contributed by atoms with Gasteiger partial charge in [0, 0.05) is 0 Å². The Morgan fingerprint density at radius 1 is 1.39 bits per heavy atom. The largest absolute Gasteiger partial charge is 0.494 e. The average Bonchev–Trinajstić information content (AvgIpc) is 2.76. The molecule has 5 nitrogen and oxygen atoms in total. The molecule has 1 saturated carbocycles. The fourth-order valence-corrected chi connectivity index (χ4v) is 3.63. The van der Waals surface area contributed by atoms with E-state index in [0.717, 1.165) is 19.3 Å². The highest BCUT2D eigenvalue weighted by Crippen LogP contribution is 2.38. The van der Waals surface area contributed by atoms with E-state index < -0.39 is 11.4 Å². The molecule has 0 unspecified atom stereocenters. The van der Waals surface area contributed by atoms with E-state index in [9.17, 15) is 14.0 Å². The van der Waals surface area contributed by atoms with E-state index in [1.54, 1.807) is 6.07 Å². The van der Waals surface area contributed by atoms with Crippen molar-refractivity contribution in [3.63, 3.8) is 0 Å². The number of nitrogens with zero attached hydrogens (tertiary/aromatic N) is 1. The number of carbonyl (C=O) groups excluding carboxylic acids is 2. The van der Waals surface area contributed by atoms with Gasteiger partial charge < -0.3 is 10.1 Å². The van der Waals surface area contributed by atoms with Crippen LogP contribution in [-0.2, 0) is 11.3 Å². The number of methoxy groups -OCH3 is 1. The zero-order valence-electron chi connectivity index (χ0n) is 13.4. The van der Waals surface area contributed by atoms with Gasteiger partial charge in [0.25, 0.3) is 5.91 Å². The SMILES string of the molecule is COc1ccc(CN2C(=O)N[C@]3(CCCC[C@@H]3C)C2=O)cc1F. The third-order valence-electron chi connectivity index (χ3n) is 5.06. The maximum atomic E-state index is 13.8. The molecule has 0 aromatic heterocycles. The number of amides is 3. The summed E-state index contributed by atoms with van der Waals surface area (Å²) in [5, 5.41) is 2.90. The first-order valence-corrected chi connectivity index (χ1v) is 7.94. The number of hydrogen-bond acceptors (Lipinski definition) is 3. The van der Waals surface area contributed by atoms with Gasteiger partial charge in [-0.1, -0.05) is 25.8 Å². The van der Waals surface area contributed by atoms with Crippen LogP contribution in [0.15, 0.2) is 18.2 Å². The van der Waals surface area contributed by atoms with E-state index in [1.165, 1.54) is 24.1 Å². The third-order valence-corrected chi connectivity index (χ3v) is 5.06. The van der Waals surface area contributed by atoms with Gasteiger partial charge in [0.15, 0.2) is 11.6 Å². The van der Waals surface area contributed by atoms with Crippen LogP contribution in [0.5, 0.6) is 5.75 Å². The van der Waals surface area contributed by atoms with Gasteiger partial charge >= 0.3 is 6.03 Å². The van der Waals surface area contributed by atoms with Crippen molar-refractivity contribution in [3.05, 3.63) is 29.6 Å². The highest BCUT2D eigenvalue weighted by Gasteiger charge is 2.54. The van der Waals surface area contributed by atoms with Crippen LogP contribution in [0.1, 0.15) is 38.2 Å². The summed E-state index contributed by atoms with van der Waals surface area (Å²) in [4.78, 5) is 26.3. The maximum Gasteiger partial charge on any atom is 0.325 e. The maximum absolute atomic E-state index is 13.8. The van der Waals surface area contributed by atoms with Crippen LogP contribution in [0.25, 0.3) is 0 Å². The highest BCUT2D eigenvalue weighted by molar-refractivity contribution is 6.07. The number of rotatable bonds is 3. The van der Waals surface area contributed by atoms with Crippen molar-refractivity contribution < 1.29 is 18.7 Å². The summed E-state index contributed by atoms with van der Waals surface area (Å²) in [7, 11) is 1.39. The molecule has 1 aromatic rings. The van der Waals surface area contributed by atoms with Crippen LogP contribution in [0.4, 0.5) is 9.18 Å². The Labute approximate surface area is 134 Å². The predicted octanol–water partition coefficient (Wildman–Crippen LogP) is 2.84. The van der Waals surface area contributed by atoms with Crippen molar-refractivity contribution >= 4 is 11.9 Å². The molecule has 1 spiro atoms. The van der Waals surface area contributed by atoms with Crippen LogP contribution in [0.3, 0.4) is 0 Å². The fourth-order valence-electron chi connectivity index (χ4n) is 3.63. The lowest BCUT2D eigenvalue weighted by Crippen LogP contribution is -2.53. The fraction of sp³-hybridized carbons (Fsp3) is 0.529. The molecule has 124 valence electrons. The second-order valence-corrected chi connectivity index (χ2v) is 6.41. The summed E-state index contributed by atoms with van der Waals surface area (Å²) >= 11 is 0. The lowest BCUT2D eigenvalue weighted by molar-refractivity contribution is -0.134. The van der Waals surface area contributed by atoms with Gasteiger partial charge in [-0.3, -0.25) is 9.69 Å². The van der Waals surface area contributed by atoms with Crippen molar-refractivity contribution in [2.75, 3.05) is 7.11 Å². The van der Waals surface area contributed by atoms with Crippen molar-refractivity contribution in [2.24, 2.45) is 5.92 Å². The molecule has 3 rings (SSSR count). The number of halogens is 1. The summed E-state index contributed by atoms with van der Waals surface area (Å²) in [5.74, 6) is -0.433. The molecule has 3 amide bonds. The molecular weight excluding hydrogens is 299 g/mol. The molecule has 1 aliphatic heterocycles. The molecule has 1 aliphatic carbocycles. The van der Waals surface area contributed by atoms with Crippen molar-refractivity contribution in [2.45, 2.75) is 44.7 Å². The van der Waals surface area contributed by atoms with Crippen molar-refractivity contribution in [1.29, 1.82) is 0 Å². The lowest BCUT2D eigenvalue weighted by Gasteiger charge is -2.36. The topological polar surface area (TPSA) is 58.6 Å². The molecule has 2 aliphatic rings. The Hall–Kier alpha value is -2.11. The Balaban J connectivity index is 1.82. The lowest BCUT2D eigenvalue weighted by atomic mass is 9.73. The summed E-state index contributed by atoms with van der Waals surface area (Å²) in [6.45, 7) is 2.08. The van der Waals surface area contributed by atoms with Gasteiger partial charge in [-0.25, -0.2) is 9.18 Å². The molecular formula is C17H21FN2O3. The third kappa shape index (κ3) is 2.56. The van der Waals surface area contributed by atoms with Crippen molar-refractivity contribution in [1.82, 2.24) is 10.2 Å². The zero-order valence-corrected chi connectivity index (χ0v) is 13.4. The van der Waals surface area contributed by atoms with Gasteiger partial charge in [0.1, 0.15) is 5.54 Å². The molecule has 0 bridgehead atoms. The van der Waals surface area contributed by atoms with Crippen LogP contribution < -0.4 is 10.1 Å². The second-order valence-electron chi connectivity index (χ2n) is 6.41. The van der Waals surface area contributed by atoms with E-state index in [4.69, 9.17) is 4.74 Å². The van der Waals surface area contributed by atoms with Crippen LogP contribution in [0, 0.1) is 11.7 Å². The number of hydrogen-bond donors (Lipinski definition) is 1. The molecule has 1 N–H and O–H groups in total. The zero-order chi connectivity index (χ0) is 16.6. The van der Waals surface area contributed by atoms with E-state index >= 15 is 0 Å². The first kappa shape index (κ1) is 15.8. The Morgan fingerprint density at radius 2 is 2.17 bits per heavy atom. The Kier molecular flexibility index (Phi) is 4.00. The second kappa shape index (κ2) is 5.83. The summed E-state index contributed by atoms with van der Waals surface area (Å²) in [6.07, 6.45) is 3.61. The molecule has 23 heavy (non-hydrogen) atoms. The quantitative estimate of drug-likeness (QED) is 0.871.